The van der Waals surface area contributed by atoms with E-state index < -0.39 is 23.6 Å². The van der Waals surface area contributed by atoms with Crippen LogP contribution in [0.2, 0.25) is 0 Å². The van der Waals surface area contributed by atoms with Crippen LogP contribution in [0, 0.1) is 0 Å². The quantitative estimate of drug-likeness (QED) is 0.135. The van der Waals surface area contributed by atoms with Crippen molar-refractivity contribution in [2.24, 2.45) is 11.5 Å². The number of hydrogen-bond acceptors (Lipinski definition) is 7. The fourth-order valence-corrected chi connectivity index (χ4v) is 4.21. The smallest absolute Gasteiger partial charge is 0.347 e. The number of nitrogens with two attached hydrogens (primary N) is 2. The SMILES string of the molecule is CC(C)(Oc1ccc(CCCc2n[nH]c(Cc3ccc4ccccc4c3)n2)cc1)C(=O)O.NCCCC[C@H](N)C(=O)O. The summed E-state index contributed by atoms with van der Waals surface area (Å²) in [5.41, 5.74) is 11.5. The van der Waals surface area contributed by atoms with Gasteiger partial charge in [0.25, 0.3) is 0 Å². The van der Waals surface area contributed by atoms with Crippen LogP contribution in [0.15, 0.2) is 66.7 Å². The predicted octanol–water partition coefficient (Wildman–Crippen LogP) is 4.49. The number of nitrogens with zero attached hydrogens (tertiary/aromatic N) is 2. The van der Waals surface area contributed by atoms with E-state index in [4.69, 9.17) is 26.4 Å². The first-order valence-corrected chi connectivity index (χ1v) is 14.1. The van der Waals surface area contributed by atoms with Gasteiger partial charge in [0, 0.05) is 12.8 Å². The Balaban J connectivity index is 0.000000416. The molecule has 0 fully saturated rings. The van der Waals surface area contributed by atoms with Crippen LogP contribution in [0.25, 0.3) is 10.8 Å². The second kappa shape index (κ2) is 15.6. The minimum absolute atomic E-state index is 0.520. The van der Waals surface area contributed by atoms with E-state index in [1.807, 2.05) is 30.3 Å². The second-order valence-corrected chi connectivity index (χ2v) is 10.7. The second-order valence-electron chi connectivity index (χ2n) is 10.7. The maximum Gasteiger partial charge on any atom is 0.347 e. The van der Waals surface area contributed by atoms with Crippen molar-refractivity contribution < 1.29 is 24.5 Å². The number of fused-ring (bicyclic) bond motifs is 1. The number of nitrogens with one attached hydrogen (secondary N) is 1. The first-order chi connectivity index (χ1) is 20.1. The van der Waals surface area contributed by atoms with Crippen LogP contribution in [0.1, 0.15) is 62.3 Å². The normalized spacial score (nSPS) is 11.9. The van der Waals surface area contributed by atoms with Crippen molar-refractivity contribution in [2.45, 2.75) is 70.4 Å². The molecule has 0 bridgehead atoms. The van der Waals surface area contributed by atoms with E-state index in [1.54, 1.807) is 0 Å². The highest BCUT2D eigenvalue weighted by molar-refractivity contribution is 5.83. The number of aliphatic carboxylic acids is 2. The molecule has 0 amide bonds. The maximum atomic E-state index is 11.2. The van der Waals surface area contributed by atoms with Gasteiger partial charge in [-0.05, 0) is 80.1 Å². The average molecular weight is 576 g/mol. The third-order valence-electron chi connectivity index (χ3n) is 6.73. The molecular weight excluding hydrogens is 534 g/mol. The molecule has 1 heterocycles. The van der Waals surface area contributed by atoms with E-state index in [-0.39, 0.29) is 0 Å². The van der Waals surface area contributed by atoms with Crippen molar-refractivity contribution in [1.82, 2.24) is 15.2 Å². The largest absolute Gasteiger partial charge is 0.480 e. The minimum Gasteiger partial charge on any atom is -0.480 e. The first kappa shape index (κ1) is 32.2. The van der Waals surface area contributed by atoms with Crippen LogP contribution in [-0.2, 0) is 28.9 Å². The molecule has 0 aliphatic carbocycles. The Morgan fingerprint density at radius 2 is 1.62 bits per heavy atom. The van der Waals surface area contributed by atoms with Gasteiger partial charge in [0.05, 0.1) is 0 Å². The van der Waals surface area contributed by atoms with Crippen molar-refractivity contribution in [3.05, 3.63) is 89.5 Å². The molecule has 10 nitrogen and oxygen atoms in total. The van der Waals surface area contributed by atoms with Crippen LogP contribution < -0.4 is 16.2 Å². The minimum atomic E-state index is -1.25. The fourth-order valence-electron chi connectivity index (χ4n) is 4.21. The van der Waals surface area contributed by atoms with E-state index in [0.717, 1.165) is 55.7 Å². The molecule has 0 aliphatic heterocycles. The van der Waals surface area contributed by atoms with Crippen LogP contribution >= 0.6 is 0 Å². The van der Waals surface area contributed by atoms with Gasteiger partial charge in [-0.2, -0.15) is 5.10 Å². The molecule has 42 heavy (non-hydrogen) atoms. The first-order valence-electron chi connectivity index (χ1n) is 14.1. The lowest BCUT2D eigenvalue weighted by molar-refractivity contribution is -0.152. The molecule has 4 aromatic rings. The number of aromatic nitrogens is 3. The number of unbranched alkanes of at least 4 members (excludes halogenated alkanes) is 1. The Morgan fingerprint density at radius 3 is 2.29 bits per heavy atom. The lowest BCUT2D eigenvalue weighted by Gasteiger charge is -2.21. The molecular formula is C32H41N5O5. The highest BCUT2D eigenvalue weighted by Crippen LogP contribution is 2.20. The molecule has 4 rings (SSSR count). The van der Waals surface area contributed by atoms with E-state index in [0.29, 0.717) is 18.7 Å². The lowest BCUT2D eigenvalue weighted by Crippen LogP contribution is -2.37. The third-order valence-corrected chi connectivity index (χ3v) is 6.73. The summed E-state index contributed by atoms with van der Waals surface area (Å²) in [5, 5.41) is 27.4. The zero-order chi connectivity index (χ0) is 30.5. The van der Waals surface area contributed by atoms with Crippen molar-refractivity contribution in [1.29, 1.82) is 0 Å². The molecule has 3 aromatic carbocycles. The Kier molecular flexibility index (Phi) is 12.0. The van der Waals surface area contributed by atoms with E-state index in [2.05, 4.69) is 51.6 Å². The molecule has 0 saturated heterocycles. The summed E-state index contributed by atoms with van der Waals surface area (Å²) in [6, 6.07) is 21.7. The molecule has 0 unspecified atom stereocenters. The van der Waals surface area contributed by atoms with Gasteiger partial charge in [-0.1, -0.05) is 61.0 Å². The Hall–Kier alpha value is -4.28. The van der Waals surface area contributed by atoms with Gasteiger partial charge in [-0.25, -0.2) is 9.78 Å². The standard InChI is InChI=1S/C26H27N3O3.C6H14N2O2/c1-26(2,25(30)31)32-22-14-11-18(12-15-22)6-5-9-23-27-24(29-28-23)17-19-10-13-20-7-3-4-8-21(20)16-19;7-4-2-1-3-5(8)6(9)10/h3-4,7-8,10-16H,5-6,9,17H2,1-2H3,(H,30,31)(H,27,28,29);5H,1-4,7-8H2,(H,9,10)/t;5-/m.0/s1. The molecule has 7 N–H and O–H groups in total. The lowest BCUT2D eigenvalue weighted by atomic mass is 10.1. The molecule has 0 spiro atoms. The fraction of sp³-hybridized carbons (Fsp3) is 0.375. The van der Waals surface area contributed by atoms with E-state index in [9.17, 15) is 9.59 Å². The Morgan fingerprint density at radius 1 is 0.929 bits per heavy atom. The number of benzene rings is 3. The van der Waals surface area contributed by atoms with Gasteiger partial charge in [0.15, 0.2) is 11.4 Å². The molecule has 0 radical (unpaired) electrons. The number of hydrogen-bond donors (Lipinski definition) is 5. The van der Waals surface area contributed by atoms with Gasteiger partial charge in [0.2, 0.25) is 0 Å². The van der Waals surface area contributed by atoms with Crippen molar-refractivity contribution >= 4 is 22.7 Å². The summed E-state index contributed by atoms with van der Waals surface area (Å²) in [5.74, 6) is 0.320. The molecule has 10 heteroatoms. The summed E-state index contributed by atoms with van der Waals surface area (Å²) in [6.45, 7) is 3.68. The predicted molar refractivity (Wildman–Crippen MR) is 162 cm³/mol. The monoisotopic (exact) mass is 575 g/mol. The topological polar surface area (TPSA) is 177 Å². The molecule has 1 atom stereocenters. The zero-order valence-corrected chi connectivity index (χ0v) is 24.3. The zero-order valence-electron chi connectivity index (χ0n) is 24.3. The van der Waals surface area contributed by atoms with Gasteiger partial charge in [0.1, 0.15) is 17.6 Å². The number of carbonyl (C=O) groups is 2. The highest BCUT2D eigenvalue weighted by Gasteiger charge is 2.29. The maximum absolute atomic E-state index is 11.2. The number of aryl methyl sites for hydroxylation is 2. The van der Waals surface area contributed by atoms with Gasteiger partial charge in [-0.15, -0.1) is 0 Å². The summed E-state index contributed by atoms with van der Waals surface area (Å²) >= 11 is 0. The van der Waals surface area contributed by atoms with Crippen molar-refractivity contribution in [3.63, 3.8) is 0 Å². The van der Waals surface area contributed by atoms with Crippen LogP contribution in [0.3, 0.4) is 0 Å². The van der Waals surface area contributed by atoms with Crippen molar-refractivity contribution in [3.8, 4) is 5.75 Å². The summed E-state index contributed by atoms with van der Waals surface area (Å²) in [7, 11) is 0. The van der Waals surface area contributed by atoms with E-state index in [1.165, 1.54) is 30.2 Å². The molecule has 224 valence electrons. The van der Waals surface area contributed by atoms with Gasteiger partial charge in [-0.3, -0.25) is 9.89 Å². The van der Waals surface area contributed by atoms with Crippen LogP contribution in [0.4, 0.5) is 0 Å². The molecule has 0 aliphatic rings. The Bertz CT molecular complexity index is 1430. The molecule has 1 aromatic heterocycles. The average Bonchev–Trinajstić information content (AvgIpc) is 3.41. The number of aromatic amines is 1. The number of carboxylic acids is 2. The van der Waals surface area contributed by atoms with E-state index >= 15 is 0 Å². The summed E-state index contributed by atoms with van der Waals surface area (Å²) < 4.78 is 5.54. The van der Waals surface area contributed by atoms with Gasteiger partial charge >= 0.3 is 11.9 Å². The third kappa shape index (κ3) is 10.3. The van der Waals surface area contributed by atoms with Crippen LogP contribution in [-0.4, -0.2) is 55.5 Å². The summed E-state index contributed by atoms with van der Waals surface area (Å²) in [6.07, 6.45) is 5.49. The number of rotatable bonds is 14. The highest BCUT2D eigenvalue weighted by atomic mass is 16.5. The summed E-state index contributed by atoms with van der Waals surface area (Å²) in [4.78, 5) is 26.0. The van der Waals surface area contributed by atoms with Crippen LogP contribution in [0.5, 0.6) is 5.75 Å². The number of carboxylic acid groups (broad SMARTS) is 2. The number of ether oxygens (including phenoxy) is 1. The number of H-pyrrole nitrogens is 1. The van der Waals surface area contributed by atoms with Crippen molar-refractivity contribution in [2.75, 3.05) is 6.54 Å². The van der Waals surface area contributed by atoms with Gasteiger partial charge < -0.3 is 26.4 Å². The molecule has 0 saturated carbocycles. The Labute approximate surface area is 246 Å².